The average Bonchev–Trinajstić information content (AvgIpc) is 2.42. The zero-order valence-corrected chi connectivity index (χ0v) is 14.0. The van der Waals surface area contributed by atoms with Crippen LogP contribution >= 0.6 is 0 Å². The van der Waals surface area contributed by atoms with Crippen molar-refractivity contribution in [1.29, 1.82) is 0 Å². The Kier molecular flexibility index (Phi) is 4.75. The fourth-order valence-electron chi connectivity index (χ4n) is 2.27. The Labute approximate surface area is 133 Å². The topological polar surface area (TPSA) is 46.3 Å². The van der Waals surface area contributed by atoms with Crippen LogP contribution in [0.15, 0.2) is 18.2 Å². The molecule has 0 unspecified atom stereocenters. The summed E-state index contributed by atoms with van der Waals surface area (Å²) >= 11 is 0.997. The Morgan fingerprint density at radius 3 is 2.63 bits per heavy atom. The molecule has 1 amide bonds. The first kappa shape index (κ1) is 15.1. The third-order valence-corrected chi connectivity index (χ3v) is 5.37. The van der Waals surface area contributed by atoms with E-state index in [2.05, 4.69) is 0 Å². The first-order valence-electron chi connectivity index (χ1n) is 6.49. The van der Waals surface area contributed by atoms with E-state index in [1.807, 2.05) is 25.1 Å². The minimum atomic E-state index is -1.29. The number of alkyl halides is 1. The molecule has 0 aromatic heterocycles. The van der Waals surface area contributed by atoms with Gasteiger partial charge in [0, 0.05) is 0 Å². The molecule has 0 saturated carbocycles. The molecule has 5 heteroatoms. The van der Waals surface area contributed by atoms with Gasteiger partial charge in [0.15, 0.2) is 0 Å². The normalized spacial score (nSPS) is 18.3. The van der Waals surface area contributed by atoms with Crippen molar-refractivity contribution in [2.45, 2.75) is 25.4 Å². The number of carbonyl (C=O) groups excluding carboxylic acids is 1. The molecule has 1 saturated heterocycles. The fourth-order valence-corrected chi connectivity index (χ4v) is 2.95. The number of hydrogen-bond donors (Lipinski definition) is 1. The zero-order valence-electron chi connectivity index (χ0n) is 11.2. The summed E-state index contributed by atoms with van der Waals surface area (Å²) in [5.74, 6) is 0.00892. The number of halogens is 1. The van der Waals surface area contributed by atoms with E-state index in [-0.39, 0.29) is 12.5 Å². The summed E-state index contributed by atoms with van der Waals surface area (Å²) in [5, 5.41) is 0. The van der Waals surface area contributed by atoms with Gasteiger partial charge in [-0.3, -0.25) is 0 Å². The van der Waals surface area contributed by atoms with Crippen LogP contribution in [0.3, 0.4) is 0 Å². The van der Waals surface area contributed by atoms with Crippen LogP contribution < -0.4 is 8.11 Å². The number of carbonyl (C=O) groups is 1. The first-order chi connectivity index (χ1) is 8.95. The number of benzene rings is 1. The molecule has 0 atom stereocenters. The quantitative estimate of drug-likeness (QED) is 0.877. The van der Waals surface area contributed by atoms with Crippen molar-refractivity contribution in [3.05, 3.63) is 29.3 Å². The van der Waals surface area contributed by atoms with Crippen LogP contribution in [0.5, 0.6) is 0 Å². The second-order valence-electron chi connectivity index (χ2n) is 5.22. The van der Waals surface area contributed by atoms with Crippen LogP contribution in [0.4, 0.5) is 4.39 Å². The molecule has 19 heavy (non-hydrogen) atoms. The van der Waals surface area contributed by atoms with Crippen molar-refractivity contribution in [3.63, 3.8) is 0 Å². The number of rotatable bonds is 2. The van der Waals surface area contributed by atoms with E-state index in [0.717, 1.165) is 31.0 Å². The number of likely N-dealkylation sites (tertiary alicyclic amines) is 1. The number of hydrogen-bond acceptors (Lipinski definition) is 2. The van der Waals surface area contributed by atoms with Crippen molar-refractivity contribution in [2.75, 3.05) is 19.6 Å². The van der Waals surface area contributed by atoms with Crippen LogP contribution in [0.2, 0.25) is 0 Å². The Bertz CT molecular complexity index is 484. The Morgan fingerprint density at radius 2 is 2.11 bits per heavy atom. The summed E-state index contributed by atoms with van der Waals surface area (Å²) < 4.78 is 15.2. The minimum absolute atomic E-state index is 0.00892. The van der Waals surface area contributed by atoms with E-state index in [1.54, 1.807) is 4.90 Å². The molecule has 1 aromatic carbocycles. The number of nitrogens with zero attached hydrogens (tertiary/aromatic N) is 1. The molecule has 1 aliphatic rings. The maximum atomic E-state index is 14.0. The molecule has 1 fully saturated rings. The van der Waals surface area contributed by atoms with Gasteiger partial charge in [-0.25, -0.2) is 0 Å². The van der Waals surface area contributed by atoms with E-state index in [0.29, 0.717) is 31.5 Å². The van der Waals surface area contributed by atoms with Gasteiger partial charge in [-0.15, -0.1) is 0 Å². The number of amides is 1. The monoisotopic (exact) mass is 338 g/mol. The molecule has 2 rings (SSSR count). The third-order valence-electron chi connectivity index (χ3n) is 3.84. The molecule has 0 aliphatic carbocycles. The van der Waals surface area contributed by atoms with Gasteiger partial charge in [0.1, 0.15) is 0 Å². The molecule has 0 spiro atoms. The molecule has 1 aliphatic heterocycles. The molecular weight excluding hydrogens is 320 g/mol. The van der Waals surface area contributed by atoms with Gasteiger partial charge in [-0.05, 0) is 0 Å². The summed E-state index contributed by atoms with van der Waals surface area (Å²) in [4.78, 5) is 14.1. The van der Waals surface area contributed by atoms with Gasteiger partial charge in [0.05, 0.1) is 0 Å². The second-order valence-corrected chi connectivity index (χ2v) is 6.75. The van der Waals surface area contributed by atoms with E-state index in [4.69, 9.17) is 5.73 Å². The predicted octanol–water partition coefficient (Wildman–Crippen LogP) is 1.07. The Balaban J connectivity index is 2.07. The SMILES string of the molecule is Cc1ccc(C(=O)N2CCC(F)(CN)CC2)c[c]1[Y]. The molecule has 2 N–H and O–H groups in total. The fraction of sp³-hybridized carbons (Fsp3) is 0.500. The van der Waals surface area contributed by atoms with Gasteiger partial charge >= 0.3 is 133 Å². The second kappa shape index (κ2) is 5.98. The molecule has 1 aromatic rings. The van der Waals surface area contributed by atoms with Crippen molar-refractivity contribution in [3.8, 4) is 0 Å². The predicted molar refractivity (Wildman–Crippen MR) is 68.8 cm³/mol. The Morgan fingerprint density at radius 1 is 1.47 bits per heavy atom. The van der Waals surface area contributed by atoms with Crippen LogP contribution in [0.1, 0.15) is 28.8 Å². The first-order valence-corrected chi connectivity index (χ1v) is 7.91. The summed E-state index contributed by atoms with van der Waals surface area (Å²) in [6.07, 6.45) is 0.683. The summed E-state index contributed by atoms with van der Waals surface area (Å²) in [6.45, 7) is 3.00. The van der Waals surface area contributed by atoms with E-state index >= 15 is 0 Å². The van der Waals surface area contributed by atoms with Crippen LogP contribution in [-0.4, -0.2) is 36.1 Å². The standard InChI is InChI=1S/C14H18FN2O.Y/c1-11-2-4-12(5-3-11)13(18)17-8-6-14(15,10-16)7-9-17;/h2,4-5H,6-10,16H2,1H3;. The van der Waals surface area contributed by atoms with E-state index in [9.17, 15) is 9.18 Å². The summed E-state index contributed by atoms with van der Waals surface area (Å²) in [5.41, 5.74) is 6.09. The third kappa shape index (κ3) is 3.42. The van der Waals surface area contributed by atoms with E-state index < -0.39 is 5.67 Å². The summed E-state index contributed by atoms with van der Waals surface area (Å²) in [6, 6.07) is 5.80. The molecular formula is C14H18FN2OY. The molecule has 0 bridgehead atoms. The van der Waals surface area contributed by atoms with Crippen molar-refractivity contribution in [1.82, 2.24) is 4.90 Å². The number of aryl methyl sites for hydroxylation is 1. The van der Waals surface area contributed by atoms with Gasteiger partial charge in [0.25, 0.3) is 0 Å². The van der Waals surface area contributed by atoms with Crippen LogP contribution in [0.25, 0.3) is 0 Å². The molecule has 100 valence electrons. The maximum absolute atomic E-state index is 14.0. The number of nitrogens with two attached hydrogens (primary N) is 1. The van der Waals surface area contributed by atoms with Gasteiger partial charge in [-0.2, -0.15) is 0 Å². The molecule has 0 radical (unpaired) electrons. The van der Waals surface area contributed by atoms with E-state index in [1.165, 1.54) is 7.94 Å². The van der Waals surface area contributed by atoms with Gasteiger partial charge in [0.2, 0.25) is 0 Å². The Hall–Kier alpha value is -0.316. The zero-order chi connectivity index (χ0) is 14.0. The van der Waals surface area contributed by atoms with Crippen molar-refractivity contribution >= 4 is 8.28 Å². The number of piperidine rings is 1. The van der Waals surface area contributed by atoms with Crippen molar-refractivity contribution in [2.24, 2.45) is 5.73 Å². The summed E-state index contributed by atoms with van der Waals surface area (Å²) in [7, 11) is 0. The van der Waals surface area contributed by atoms with Crippen LogP contribution in [0, 0.1) is 6.92 Å². The van der Waals surface area contributed by atoms with Crippen molar-refractivity contribution < 1.29 is 40.1 Å². The van der Waals surface area contributed by atoms with Gasteiger partial charge in [-0.1, -0.05) is 0 Å². The average molecular weight is 338 g/mol. The molecule has 3 nitrogen and oxygen atoms in total. The molecule has 1 heterocycles. The van der Waals surface area contributed by atoms with Crippen LogP contribution in [-0.2, 0) is 31.0 Å². The van der Waals surface area contributed by atoms with Gasteiger partial charge < -0.3 is 0 Å².